The number of pyridine rings is 1. The number of hydrogen-bond donors (Lipinski definition) is 2. The number of nitriles is 1. The van der Waals surface area contributed by atoms with Crippen molar-refractivity contribution in [1.82, 2.24) is 4.98 Å². The highest BCUT2D eigenvalue weighted by Crippen LogP contribution is 2.27. The zero-order chi connectivity index (χ0) is 19.4. The molecule has 0 aliphatic heterocycles. The molecule has 8 heteroatoms. The first-order chi connectivity index (χ1) is 13.0. The number of aryl methyl sites for hydroxylation is 2. The number of nitrogens with one attached hydrogen (secondary N) is 1. The van der Waals surface area contributed by atoms with Crippen LogP contribution in [0.25, 0.3) is 0 Å². The van der Waals surface area contributed by atoms with Gasteiger partial charge < -0.3 is 10.4 Å². The van der Waals surface area contributed by atoms with Crippen LogP contribution in [-0.2, 0) is 17.6 Å². The molecule has 0 unspecified atom stereocenters. The molecule has 0 radical (unpaired) electrons. The summed E-state index contributed by atoms with van der Waals surface area (Å²) in [4.78, 5) is 27.9. The van der Waals surface area contributed by atoms with E-state index in [4.69, 9.17) is 16.7 Å². The van der Waals surface area contributed by atoms with Crippen molar-refractivity contribution in [3.05, 3.63) is 51.7 Å². The highest BCUT2D eigenvalue weighted by molar-refractivity contribution is 8.00. The zero-order valence-corrected chi connectivity index (χ0v) is 15.9. The molecule has 0 saturated heterocycles. The quantitative estimate of drug-likeness (QED) is 0.736. The van der Waals surface area contributed by atoms with Crippen LogP contribution in [0, 0.1) is 11.3 Å². The van der Waals surface area contributed by atoms with Gasteiger partial charge in [-0.2, -0.15) is 5.26 Å². The number of fused-ring (bicyclic) bond motifs is 1. The van der Waals surface area contributed by atoms with Crippen LogP contribution in [-0.4, -0.2) is 27.7 Å². The van der Waals surface area contributed by atoms with Crippen LogP contribution in [0.5, 0.6) is 0 Å². The highest BCUT2D eigenvalue weighted by Gasteiger charge is 2.17. The van der Waals surface area contributed by atoms with Crippen LogP contribution in [0.4, 0.5) is 5.69 Å². The van der Waals surface area contributed by atoms with Crippen molar-refractivity contribution in [2.45, 2.75) is 30.7 Å². The number of nitrogens with zero attached hydrogens (tertiary/aromatic N) is 2. The fourth-order valence-electron chi connectivity index (χ4n) is 2.90. The average Bonchev–Trinajstić information content (AvgIpc) is 2.66. The van der Waals surface area contributed by atoms with Crippen LogP contribution in [0.2, 0.25) is 5.02 Å². The van der Waals surface area contributed by atoms with Gasteiger partial charge >= 0.3 is 5.97 Å². The Hall–Kier alpha value is -2.56. The van der Waals surface area contributed by atoms with Gasteiger partial charge in [0, 0.05) is 11.4 Å². The van der Waals surface area contributed by atoms with E-state index in [-0.39, 0.29) is 22.2 Å². The SMILES string of the molecule is N#Cc1cc2c(nc1SCC(=O)Nc1ccc(Cl)c(C(=O)O)c1)CCCC2. The van der Waals surface area contributed by atoms with E-state index in [9.17, 15) is 14.9 Å². The number of carboxylic acids is 1. The molecule has 1 aliphatic carbocycles. The standard InChI is InChI=1S/C19H16ClN3O3S/c20-15-6-5-13(8-14(15)19(25)26)22-17(24)10-27-18-12(9-21)7-11-3-1-2-4-16(11)23-18/h5-8H,1-4,10H2,(H,22,24)(H,25,26). The fourth-order valence-corrected chi connectivity index (χ4v) is 3.88. The van der Waals surface area contributed by atoms with Crippen LogP contribution >= 0.6 is 23.4 Å². The Balaban J connectivity index is 1.68. The minimum Gasteiger partial charge on any atom is -0.478 e. The third-order valence-electron chi connectivity index (χ3n) is 4.21. The lowest BCUT2D eigenvalue weighted by atomic mass is 9.95. The Kier molecular flexibility index (Phi) is 5.99. The first kappa shape index (κ1) is 19.2. The molecule has 2 N–H and O–H groups in total. The van der Waals surface area contributed by atoms with Gasteiger partial charge in [0.05, 0.1) is 21.9 Å². The first-order valence-corrected chi connectivity index (χ1v) is 9.72. The van der Waals surface area contributed by atoms with Crippen LogP contribution < -0.4 is 5.32 Å². The number of halogens is 1. The van der Waals surface area contributed by atoms with Crippen molar-refractivity contribution >= 4 is 40.9 Å². The molecule has 0 atom stereocenters. The van der Waals surface area contributed by atoms with Crippen LogP contribution in [0.15, 0.2) is 29.3 Å². The number of amides is 1. The molecule has 2 aromatic rings. The Labute approximate surface area is 165 Å². The van der Waals surface area contributed by atoms with Crippen molar-refractivity contribution < 1.29 is 14.7 Å². The van der Waals surface area contributed by atoms with E-state index >= 15 is 0 Å². The largest absolute Gasteiger partial charge is 0.478 e. The summed E-state index contributed by atoms with van der Waals surface area (Å²) in [6.45, 7) is 0. The maximum absolute atomic E-state index is 12.2. The molecule has 1 heterocycles. The number of thioether (sulfide) groups is 1. The normalized spacial score (nSPS) is 12.7. The van der Waals surface area contributed by atoms with E-state index in [0.717, 1.165) is 36.9 Å². The summed E-state index contributed by atoms with van der Waals surface area (Å²) >= 11 is 7.02. The number of aromatic nitrogens is 1. The van der Waals surface area contributed by atoms with Crippen LogP contribution in [0.1, 0.15) is 40.0 Å². The molecule has 3 rings (SSSR count). The number of carboxylic acid groups (broad SMARTS) is 1. The Morgan fingerprint density at radius 2 is 2.07 bits per heavy atom. The third-order valence-corrected chi connectivity index (χ3v) is 5.53. The summed E-state index contributed by atoms with van der Waals surface area (Å²) in [6.07, 6.45) is 4.02. The van der Waals surface area contributed by atoms with Gasteiger partial charge in [0.2, 0.25) is 5.91 Å². The van der Waals surface area contributed by atoms with E-state index in [2.05, 4.69) is 16.4 Å². The Bertz CT molecular complexity index is 956. The van der Waals surface area contributed by atoms with E-state index in [1.54, 1.807) is 0 Å². The number of carbonyl (C=O) groups is 2. The lowest BCUT2D eigenvalue weighted by molar-refractivity contribution is -0.113. The van der Waals surface area contributed by atoms with Gasteiger partial charge in [-0.25, -0.2) is 9.78 Å². The second kappa shape index (κ2) is 8.42. The van der Waals surface area contributed by atoms with Gasteiger partial charge in [0.15, 0.2) is 0 Å². The summed E-state index contributed by atoms with van der Waals surface area (Å²) in [5, 5.41) is 21.7. The van der Waals surface area contributed by atoms with Gasteiger partial charge in [-0.15, -0.1) is 0 Å². The molecule has 6 nitrogen and oxygen atoms in total. The number of rotatable bonds is 5. The van der Waals surface area contributed by atoms with Crippen molar-refractivity contribution in [3.63, 3.8) is 0 Å². The first-order valence-electron chi connectivity index (χ1n) is 8.36. The summed E-state index contributed by atoms with van der Waals surface area (Å²) in [6, 6.07) is 8.30. The molecule has 1 amide bonds. The maximum Gasteiger partial charge on any atom is 0.337 e. The number of carbonyl (C=O) groups excluding carboxylic acids is 1. The van der Waals surface area contributed by atoms with Gasteiger partial charge in [0.1, 0.15) is 11.1 Å². The molecule has 1 aromatic heterocycles. The lowest BCUT2D eigenvalue weighted by Crippen LogP contribution is -2.15. The minimum atomic E-state index is -1.16. The summed E-state index contributed by atoms with van der Waals surface area (Å²) in [7, 11) is 0. The van der Waals surface area contributed by atoms with Gasteiger partial charge in [-0.3, -0.25) is 4.79 Å². The van der Waals surface area contributed by atoms with Crippen molar-refractivity contribution in [1.29, 1.82) is 5.26 Å². The smallest absolute Gasteiger partial charge is 0.337 e. The van der Waals surface area contributed by atoms with Gasteiger partial charge in [-0.05, 0) is 55.5 Å². The monoisotopic (exact) mass is 401 g/mol. The summed E-state index contributed by atoms with van der Waals surface area (Å²) in [5.74, 6) is -1.42. The second-order valence-corrected chi connectivity index (χ2v) is 7.47. The fraction of sp³-hybridized carbons (Fsp3) is 0.263. The molecular formula is C19H16ClN3O3S. The van der Waals surface area contributed by atoms with Crippen molar-refractivity contribution in [2.24, 2.45) is 0 Å². The lowest BCUT2D eigenvalue weighted by Gasteiger charge is -2.16. The second-order valence-electron chi connectivity index (χ2n) is 6.10. The van der Waals surface area contributed by atoms with Gasteiger partial charge in [0.25, 0.3) is 0 Å². The van der Waals surface area contributed by atoms with Crippen LogP contribution in [0.3, 0.4) is 0 Å². The molecular weight excluding hydrogens is 386 g/mol. The molecule has 0 fully saturated rings. The molecule has 1 aromatic carbocycles. The molecule has 0 spiro atoms. The van der Waals surface area contributed by atoms with E-state index in [1.165, 1.54) is 30.0 Å². The average molecular weight is 402 g/mol. The predicted molar refractivity (Wildman–Crippen MR) is 103 cm³/mol. The highest BCUT2D eigenvalue weighted by atomic mass is 35.5. The molecule has 27 heavy (non-hydrogen) atoms. The summed E-state index contributed by atoms with van der Waals surface area (Å²) in [5.41, 5.74) is 2.88. The molecule has 138 valence electrons. The number of hydrogen-bond acceptors (Lipinski definition) is 5. The van der Waals surface area contributed by atoms with E-state index in [1.807, 2.05) is 6.07 Å². The van der Waals surface area contributed by atoms with E-state index in [0.29, 0.717) is 16.3 Å². The number of benzene rings is 1. The van der Waals surface area contributed by atoms with Crippen molar-refractivity contribution in [3.8, 4) is 6.07 Å². The van der Waals surface area contributed by atoms with E-state index < -0.39 is 5.97 Å². The third kappa shape index (κ3) is 4.59. The topological polar surface area (TPSA) is 103 Å². The Morgan fingerprint density at radius 3 is 2.81 bits per heavy atom. The number of aromatic carboxylic acids is 1. The zero-order valence-electron chi connectivity index (χ0n) is 14.3. The van der Waals surface area contributed by atoms with Crippen molar-refractivity contribution in [2.75, 3.05) is 11.1 Å². The molecule has 0 saturated carbocycles. The predicted octanol–water partition coefficient (Wildman–Crippen LogP) is 3.91. The minimum absolute atomic E-state index is 0.0610. The molecule has 0 bridgehead atoms. The Morgan fingerprint density at radius 1 is 1.30 bits per heavy atom. The summed E-state index contributed by atoms with van der Waals surface area (Å²) < 4.78 is 0. The number of anilines is 1. The van der Waals surface area contributed by atoms with Gasteiger partial charge in [-0.1, -0.05) is 23.4 Å². The maximum atomic E-state index is 12.2. The molecule has 1 aliphatic rings.